The van der Waals surface area contributed by atoms with Gasteiger partial charge in [-0.05, 0) is 17.7 Å². The zero-order valence-electron chi connectivity index (χ0n) is 16.1. The molecule has 0 atom stereocenters. The number of aromatic nitrogens is 1. The molecule has 2 aromatic carbocycles. The minimum Gasteiger partial charge on any atom is -0.486 e. The molecule has 7 heteroatoms. The quantitative estimate of drug-likeness (QED) is 0.601. The second-order valence-electron chi connectivity index (χ2n) is 6.90. The van der Waals surface area contributed by atoms with Gasteiger partial charge < -0.3 is 14.0 Å². The Labute approximate surface area is 172 Å². The summed E-state index contributed by atoms with van der Waals surface area (Å²) in [6.07, 6.45) is 0.295. The lowest BCUT2D eigenvalue weighted by Crippen LogP contribution is -2.16. The van der Waals surface area contributed by atoms with Crippen molar-refractivity contribution in [3.8, 4) is 11.5 Å². The van der Waals surface area contributed by atoms with Gasteiger partial charge in [0.15, 0.2) is 16.3 Å². The summed E-state index contributed by atoms with van der Waals surface area (Å²) in [4.78, 5) is 18.7. The number of hydrogen-bond donors (Lipinski definition) is 0. The number of hydrogen-bond acceptors (Lipinski definition) is 5. The summed E-state index contributed by atoms with van der Waals surface area (Å²) >= 11 is 3.29. The summed E-state index contributed by atoms with van der Waals surface area (Å²) in [5, 5.41) is 0.539. The summed E-state index contributed by atoms with van der Waals surface area (Å²) in [7, 11) is 1.92. The van der Waals surface area contributed by atoms with Gasteiger partial charge in [0.1, 0.15) is 13.2 Å². The molecule has 0 fully saturated rings. The molecule has 0 unspecified atom stereocenters. The van der Waals surface area contributed by atoms with E-state index in [1.807, 2.05) is 47.6 Å². The highest BCUT2D eigenvalue weighted by Crippen LogP contribution is 2.35. The summed E-state index contributed by atoms with van der Waals surface area (Å²) in [5.41, 5.74) is 1.96. The standard InChI is InChI=1S/C21H22N2O3S2/c1-13(2)27-15-6-4-14(5-7-15)10-20(24)22-21-23(3)16-11-17-18(12-19(16)28-21)26-9-8-25-17/h4-7,11-13H,8-10H2,1-3H3. The van der Waals surface area contributed by atoms with Crippen LogP contribution in [0.5, 0.6) is 11.5 Å². The van der Waals surface area contributed by atoms with E-state index in [1.54, 1.807) is 0 Å². The lowest BCUT2D eigenvalue weighted by atomic mass is 10.1. The third-order valence-electron chi connectivity index (χ3n) is 4.34. The largest absolute Gasteiger partial charge is 0.486 e. The van der Waals surface area contributed by atoms with Crippen molar-refractivity contribution < 1.29 is 14.3 Å². The van der Waals surface area contributed by atoms with Crippen molar-refractivity contribution in [3.05, 3.63) is 46.8 Å². The van der Waals surface area contributed by atoms with Crippen molar-refractivity contribution in [2.24, 2.45) is 12.0 Å². The molecule has 0 radical (unpaired) electrons. The zero-order valence-corrected chi connectivity index (χ0v) is 17.7. The molecule has 0 spiro atoms. The number of fused-ring (bicyclic) bond motifs is 2. The van der Waals surface area contributed by atoms with Crippen molar-refractivity contribution in [2.45, 2.75) is 30.4 Å². The van der Waals surface area contributed by atoms with Gasteiger partial charge in [-0.15, -0.1) is 11.8 Å². The minimum absolute atomic E-state index is 0.149. The molecule has 146 valence electrons. The first kappa shape index (κ1) is 19.1. The van der Waals surface area contributed by atoms with E-state index in [9.17, 15) is 4.79 Å². The Bertz CT molecular complexity index is 1080. The van der Waals surface area contributed by atoms with Crippen LogP contribution in [0.1, 0.15) is 19.4 Å². The maximum Gasteiger partial charge on any atom is 0.252 e. The fraction of sp³-hybridized carbons (Fsp3) is 0.333. The molecule has 4 rings (SSSR count). The van der Waals surface area contributed by atoms with Crippen molar-refractivity contribution >= 4 is 39.2 Å². The molecule has 0 saturated carbocycles. The summed E-state index contributed by atoms with van der Waals surface area (Å²) in [5.74, 6) is 1.34. The average molecular weight is 415 g/mol. The van der Waals surface area contributed by atoms with Crippen molar-refractivity contribution in [1.29, 1.82) is 0 Å². The number of aryl methyl sites for hydroxylation is 1. The molecule has 0 saturated heterocycles. The molecule has 0 aliphatic carbocycles. The second-order valence-corrected chi connectivity index (χ2v) is 9.56. The Balaban J connectivity index is 1.57. The van der Waals surface area contributed by atoms with E-state index in [0.717, 1.165) is 27.3 Å². The van der Waals surface area contributed by atoms with Crippen LogP contribution in [-0.2, 0) is 18.3 Å². The monoisotopic (exact) mass is 414 g/mol. The molecule has 0 bridgehead atoms. The maximum atomic E-state index is 12.5. The fourth-order valence-electron chi connectivity index (χ4n) is 3.05. The first-order chi connectivity index (χ1) is 13.5. The van der Waals surface area contributed by atoms with Gasteiger partial charge in [0, 0.05) is 29.3 Å². The first-order valence-electron chi connectivity index (χ1n) is 9.22. The van der Waals surface area contributed by atoms with Crippen LogP contribution in [0, 0.1) is 0 Å². The Kier molecular flexibility index (Phi) is 5.46. The van der Waals surface area contributed by atoms with E-state index >= 15 is 0 Å². The zero-order chi connectivity index (χ0) is 19.7. The fourth-order valence-corrected chi connectivity index (χ4v) is 4.93. The van der Waals surface area contributed by atoms with Crippen LogP contribution in [-0.4, -0.2) is 28.9 Å². The average Bonchev–Trinajstić information content (AvgIpc) is 2.96. The lowest BCUT2D eigenvalue weighted by Gasteiger charge is -2.18. The number of thioether (sulfide) groups is 1. The number of ether oxygens (including phenoxy) is 2. The third-order valence-corrected chi connectivity index (χ3v) is 6.45. The van der Waals surface area contributed by atoms with Gasteiger partial charge in [0.05, 0.1) is 16.6 Å². The maximum absolute atomic E-state index is 12.5. The second kappa shape index (κ2) is 8.01. The minimum atomic E-state index is -0.149. The summed E-state index contributed by atoms with van der Waals surface area (Å²) in [6, 6.07) is 12.1. The van der Waals surface area contributed by atoms with E-state index in [1.165, 1.54) is 16.2 Å². The highest BCUT2D eigenvalue weighted by Gasteiger charge is 2.15. The van der Waals surface area contributed by atoms with Crippen molar-refractivity contribution in [3.63, 3.8) is 0 Å². The normalized spacial score (nSPS) is 14.1. The van der Waals surface area contributed by atoms with E-state index in [2.05, 4.69) is 31.0 Å². The first-order valence-corrected chi connectivity index (χ1v) is 10.9. The molecule has 1 aromatic heterocycles. The van der Waals surface area contributed by atoms with Gasteiger partial charge in [0.2, 0.25) is 0 Å². The molecule has 1 aliphatic rings. The van der Waals surface area contributed by atoms with Crippen molar-refractivity contribution in [1.82, 2.24) is 4.57 Å². The molecule has 1 amide bonds. The van der Waals surface area contributed by atoms with E-state index < -0.39 is 0 Å². The van der Waals surface area contributed by atoms with Crippen molar-refractivity contribution in [2.75, 3.05) is 13.2 Å². The van der Waals surface area contributed by atoms with Crippen LogP contribution in [0.25, 0.3) is 10.2 Å². The smallest absolute Gasteiger partial charge is 0.252 e. The van der Waals surface area contributed by atoms with Gasteiger partial charge in [-0.2, -0.15) is 4.99 Å². The molecule has 2 heterocycles. The Morgan fingerprint density at radius 1 is 1.18 bits per heavy atom. The molecule has 1 aliphatic heterocycles. The number of carbonyl (C=O) groups excluding carboxylic acids is 1. The number of rotatable bonds is 4. The van der Waals surface area contributed by atoms with Gasteiger partial charge >= 0.3 is 0 Å². The highest BCUT2D eigenvalue weighted by molar-refractivity contribution is 7.99. The van der Waals surface area contributed by atoms with E-state index in [4.69, 9.17) is 9.47 Å². The van der Waals surface area contributed by atoms with Crippen LogP contribution in [0.4, 0.5) is 0 Å². The molecular formula is C21H22N2O3S2. The lowest BCUT2D eigenvalue weighted by molar-refractivity contribution is -0.117. The van der Waals surface area contributed by atoms with Gasteiger partial charge in [-0.1, -0.05) is 37.3 Å². The van der Waals surface area contributed by atoms with Gasteiger partial charge in [-0.3, -0.25) is 4.79 Å². The molecular weight excluding hydrogens is 392 g/mol. The highest BCUT2D eigenvalue weighted by atomic mass is 32.2. The topological polar surface area (TPSA) is 52.8 Å². The van der Waals surface area contributed by atoms with Gasteiger partial charge in [-0.25, -0.2) is 0 Å². The van der Waals surface area contributed by atoms with Gasteiger partial charge in [0.25, 0.3) is 5.91 Å². The molecule has 5 nitrogen and oxygen atoms in total. The Morgan fingerprint density at radius 3 is 2.54 bits per heavy atom. The number of nitrogens with zero attached hydrogens (tertiary/aromatic N) is 2. The molecule has 0 N–H and O–H groups in total. The summed E-state index contributed by atoms with van der Waals surface area (Å²) < 4.78 is 14.3. The molecule has 28 heavy (non-hydrogen) atoms. The van der Waals surface area contributed by atoms with Crippen LogP contribution < -0.4 is 14.3 Å². The van der Waals surface area contributed by atoms with Crippen LogP contribution >= 0.6 is 23.1 Å². The number of carbonyl (C=O) groups is 1. The van der Waals surface area contributed by atoms with E-state index in [-0.39, 0.29) is 5.91 Å². The SMILES string of the molecule is CC(C)Sc1ccc(CC(=O)N=c2sc3cc4c(cc3n2C)OCCO4)cc1. The Morgan fingerprint density at radius 2 is 1.86 bits per heavy atom. The number of amides is 1. The van der Waals surface area contributed by atoms with Crippen LogP contribution in [0.15, 0.2) is 46.3 Å². The predicted molar refractivity (Wildman–Crippen MR) is 113 cm³/mol. The number of thiazole rings is 1. The third kappa shape index (κ3) is 4.10. The summed E-state index contributed by atoms with van der Waals surface area (Å²) in [6.45, 7) is 5.44. The predicted octanol–water partition coefficient (Wildman–Crippen LogP) is 4.18. The van der Waals surface area contributed by atoms with E-state index in [0.29, 0.717) is 29.7 Å². The van der Waals surface area contributed by atoms with Crippen LogP contribution in [0.2, 0.25) is 0 Å². The number of benzene rings is 2. The molecule has 3 aromatic rings. The van der Waals surface area contributed by atoms with Crippen LogP contribution in [0.3, 0.4) is 0 Å². The Hall–Kier alpha value is -2.25.